The predicted molar refractivity (Wildman–Crippen MR) is 122 cm³/mol. The SMILES string of the molecule is CCOC(=O)CCCCCCOc1cccc2c3n(nc12)CCn1cc(C(=O)O)c(=O)cc1-3. The molecule has 0 radical (unpaired) electrons. The van der Waals surface area contributed by atoms with Gasteiger partial charge in [-0.3, -0.25) is 14.3 Å². The molecule has 1 aliphatic rings. The molecular formula is C24H27N3O6. The van der Waals surface area contributed by atoms with E-state index in [1.165, 1.54) is 12.3 Å². The van der Waals surface area contributed by atoms with Crippen LogP contribution in [-0.4, -0.2) is 44.6 Å². The number of aromatic carboxylic acids is 1. The molecule has 0 saturated carbocycles. The molecule has 0 bridgehead atoms. The topological polar surface area (TPSA) is 113 Å². The van der Waals surface area contributed by atoms with Crippen LogP contribution in [0.15, 0.2) is 35.3 Å². The number of hydrogen-bond donors (Lipinski definition) is 1. The van der Waals surface area contributed by atoms with Crippen LogP contribution in [0.25, 0.3) is 22.3 Å². The number of fused-ring (bicyclic) bond motifs is 5. The molecule has 0 fully saturated rings. The van der Waals surface area contributed by atoms with Gasteiger partial charge in [0.15, 0.2) is 5.43 Å². The Kier molecular flexibility index (Phi) is 6.76. The van der Waals surface area contributed by atoms with E-state index in [1.54, 1.807) is 11.5 Å². The fraction of sp³-hybridized carbons (Fsp3) is 0.417. The van der Waals surface area contributed by atoms with Gasteiger partial charge in [-0.25, -0.2) is 4.79 Å². The van der Waals surface area contributed by atoms with Gasteiger partial charge in [-0.2, -0.15) is 5.10 Å². The molecule has 9 heteroatoms. The van der Waals surface area contributed by atoms with Crippen molar-refractivity contribution in [1.82, 2.24) is 14.3 Å². The Balaban J connectivity index is 1.45. The minimum atomic E-state index is -1.23. The van der Waals surface area contributed by atoms with E-state index >= 15 is 0 Å². The summed E-state index contributed by atoms with van der Waals surface area (Å²) in [5.41, 5.74) is 1.40. The molecule has 3 heterocycles. The molecule has 3 aromatic rings. The van der Waals surface area contributed by atoms with Gasteiger partial charge in [-0.05, 0) is 25.8 Å². The molecule has 0 amide bonds. The second-order valence-corrected chi connectivity index (χ2v) is 7.98. The molecule has 0 saturated heterocycles. The van der Waals surface area contributed by atoms with Gasteiger partial charge in [0.1, 0.15) is 16.8 Å². The standard InChI is InChI=1S/C24H27N3O6/c1-2-32-21(29)10-5-3-4-6-13-33-20-9-7-8-16-22(20)25-27-12-11-26-15-17(24(30)31)19(28)14-18(26)23(16)27/h7-9,14-15H,2-6,10-13H2,1H3,(H,30,31). The summed E-state index contributed by atoms with van der Waals surface area (Å²) in [4.78, 5) is 35.0. The summed E-state index contributed by atoms with van der Waals surface area (Å²) < 4.78 is 14.6. The number of unbranched alkanes of at least 4 members (excludes halogenated alkanes) is 3. The number of nitrogens with zero attached hydrogens (tertiary/aromatic N) is 3. The number of hydrogen-bond acceptors (Lipinski definition) is 6. The van der Waals surface area contributed by atoms with Crippen LogP contribution < -0.4 is 10.2 Å². The van der Waals surface area contributed by atoms with Gasteiger partial charge in [0, 0.05) is 30.6 Å². The van der Waals surface area contributed by atoms with Gasteiger partial charge in [0.2, 0.25) is 0 Å². The first-order valence-corrected chi connectivity index (χ1v) is 11.3. The Hall–Kier alpha value is -3.62. The molecule has 0 aliphatic carbocycles. The number of rotatable bonds is 10. The number of benzene rings is 1. The van der Waals surface area contributed by atoms with Gasteiger partial charge in [0.25, 0.3) is 0 Å². The van der Waals surface area contributed by atoms with Gasteiger partial charge < -0.3 is 19.1 Å². The number of pyridine rings is 1. The van der Waals surface area contributed by atoms with Crippen molar-refractivity contribution in [2.45, 2.75) is 52.1 Å². The maximum atomic E-state index is 12.3. The molecule has 0 unspecified atom stereocenters. The smallest absolute Gasteiger partial charge is 0.341 e. The zero-order valence-corrected chi connectivity index (χ0v) is 18.6. The number of carboxylic acid groups (broad SMARTS) is 1. The van der Waals surface area contributed by atoms with Crippen molar-refractivity contribution in [3.8, 4) is 17.1 Å². The molecular weight excluding hydrogens is 426 g/mol. The average Bonchev–Trinajstić information content (AvgIpc) is 3.18. The third kappa shape index (κ3) is 4.76. The lowest BCUT2D eigenvalue weighted by atomic mass is 10.1. The summed E-state index contributed by atoms with van der Waals surface area (Å²) in [7, 11) is 0. The van der Waals surface area contributed by atoms with E-state index in [2.05, 4.69) is 0 Å². The summed E-state index contributed by atoms with van der Waals surface area (Å²) in [6.45, 7) is 3.86. The van der Waals surface area contributed by atoms with Crippen molar-refractivity contribution in [2.75, 3.05) is 13.2 Å². The van der Waals surface area contributed by atoms with E-state index in [-0.39, 0.29) is 11.5 Å². The van der Waals surface area contributed by atoms with Crippen molar-refractivity contribution in [3.63, 3.8) is 0 Å². The second kappa shape index (κ2) is 9.89. The first-order valence-electron chi connectivity index (χ1n) is 11.3. The van der Waals surface area contributed by atoms with Gasteiger partial charge in [0.05, 0.1) is 31.1 Å². The Bertz CT molecular complexity index is 1240. The monoisotopic (exact) mass is 453 g/mol. The lowest BCUT2D eigenvalue weighted by Crippen LogP contribution is -2.24. The quantitative estimate of drug-likeness (QED) is 0.369. The third-order valence-electron chi connectivity index (χ3n) is 5.72. The number of esters is 1. The predicted octanol–water partition coefficient (Wildman–Crippen LogP) is 3.47. The van der Waals surface area contributed by atoms with Crippen molar-refractivity contribution in [1.29, 1.82) is 0 Å². The molecule has 33 heavy (non-hydrogen) atoms. The molecule has 1 aromatic carbocycles. The van der Waals surface area contributed by atoms with E-state index in [4.69, 9.17) is 14.6 Å². The van der Waals surface area contributed by atoms with Gasteiger partial charge in [-0.15, -0.1) is 0 Å². The summed E-state index contributed by atoms with van der Waals surface area (Å²) in [6.07, 6.45) is 5.43. The molecule has 9 nitrogen and oxygen atoms in total. The van der Waals surface area contributed by atoms with Crippen LogP contribution in [0.5, 0.6) is 5.75 Å². The van der Waals surface area contributed by atoms with E-state index in [1.807, 2.05) is 22.9 Å². The van der Waals surface area contributed by atoms with Crippen LogP contribution in [0.3, 0.4) is 0 Å². The minimum Gasteiger partial charge on any atom is -0.491 e. The fourth-order valence-electron chi connectivity index (χ4n) is 4.14. The van der Waals surface area contributed by atoms with Crippen molar-refractivity contribution in [3.05, 3.63) is 46.2 Å². The highest BCUT2D eigenvalue weighted by atomic mass is 16.5. The Morgan fingerprint density at radius 3 is 2.76 bits per heavy atom. The number of ether oxygens (including phenoxy) is 2. The van der Waals surface area contributed by atoms with Gasteiger partial charge in [-0.1, -0.05) is 25.0 Å². The minimum absolute atomic E-state index is 0.146. The van der Waals surface area contributed by atoms with E-state index in [0.29, 0.717) is 44.2 Å². The Morgan fingerprint density at radius 1 is 1.15 bits per heavy atom. The van der Waals surface area contributed by atoms with E-state index in [9.17, 15) is 19.5 Å². The van der Waals surface area contributed by atoms with Crippen LogP contribution in [0.1, 0.15) is 49.4 Å². The van der Waals surface area contributed by atoms with Crippen LogP contribution >= 0.6 is 0 Å². The zero-order chi connectivity index (χ0) is 23.4. The van der Waals surface area contributed by atoms with Crippen molar-refractivity contribution in [2.24, 2.45) is 0 Å². The van der Waals surface area contributed by atoms with Crippen molar-refractivity contribution >= 4 is 22.8 Å². The highest BCUT2D eigenvalue weighted by Gasteiger charge is 2.24. The number of aryl methyl sites for hydroxylation is 2. The molecule has 0 atom stereocenters. The highest BCUT2D eigenvalue weighted by molar-refractivity contribution is 5.96. The summed E-state index contributed by atoms with van der Waals surface area (Å²) in [6, 6.07) is 7.08. The molecule has 4 rings (SSSR count). The third-order valence-corrected chi connectivity index (χ3v) is 5.72. The second-order valence-electron chi connectivity index (χ2n) is 7.98. The number of aromatic nitrogens is 3. The maximum absolute atomic E-state index is 12.3. The lowest BCUT2D eigenvalue weighted by molar-refractivity contribution is -0.143. The Morgan fingerprint density at radius 2 is 1.97 bits per heavy atom. The molecule has 1 aliphatic heterocycles. The fourth-order valence-corrected chi connectivity index (χ4v) is 4.14. The number of carbonyl (C=O) groups is 2. The summed E-state index contributed by atoms with van der Waals surface area (Å²) in [5.74, 6) is -0.694. The lowest BCUT2D eigenvalue weighted by Gasteiger charge is -2.21. The molecule has 0 spiro atoms. The molecule has 174 valence electrons. The molecule has 1 N–H and O–H groups in total. The van der Waals surface area contributed by atoms with Crippen LogP contribution in [0, 0.1) is 0 Å². The van der Waals surface area contributed by atoms with E-state index in [0.717, 1.165) is 42.3 Å². The maximum Gasteiger partial charge on any atom is 0.341 e. The number of carbonyl (C=O) groups excluding carboxylic acids is 1. The summed E-state index contributed by atoms with van der Waals surface area (Å²) >= 11 is 0. The molecule has 2 aromatic heterocycles. The number of carboxylic acids is 1. The van der Waals surface area contributed by atoms with Gasteiger partial charge >= 0.3 is 11.9 Å². The van der Waals surface area contributed by atoms with Crippen molar-refractivity contribution < 1.29 is 24.2 Å². The largest absolute Gasteiger partial charge is 0.491 e. The van der Waals surface area contributed by atoms with Crippen LogP contribution in [-0.2, 0) is 22.6 Å². The Labute approximate surface area is 190 Å². The normalized spacial score (nSPS) is 12.3. The first kappa shape index (κ1) is 22.6. The zero-order valence-electron chi connectivity index (χ0n) is 18.6. The summed E-state index contributed by atoms with van der Waals surface area (Å²) in [5, 5.41) is 14.8. The first-order chi connectivity index (χ1) is 16.0. The van der Waals surface area contributed by atoms with Crippen LogP contribution in [0.2, 0.25) is 0 Å². The average molecular weight is 453 g/mol. The highest BCUT2D eigenvalue weighted by Crippen LogP contribution is 2.35. The van der Waals surface area contributed by atoms with Crippen LogP contribution in [0.4, 0.5) is 0 Å². The van der Waals surface area contributed by atoms with E-state index < -0.39 is 11.4 Å².